The van der Waals surface area contributed by atoms with Gasteiger partial charge in [0.25, 0.3) is 0 Å². The Morgan fingerprint density at radius 3 is 1.56 bits per heavy atom. The minimum atomic E-state index is -3.86. The first-order valence-electron chi connectivity index (χ1n) is 4.49. The molecule has 6 nitrogen and oxygen atoms in total. The molecule has 0 aliphatic heterocycles. The Balaban J connectivity index is 3.83. The molecule has 0 aliphatic carbocycles. The highest BCUT2D eigenvalue weighted by molar-refractivity contribution is 7.94. The van der Waals surface area contributed by atoms with Crippen molar-refractivity contribution in [3.63, 3.8) is 0 Å². The molecule has 0 heterocycles. The lowest BCUT2D eigenvalue weighted by Crippen LogP contribution is -2.09. The SMILES string of the molecule is CS(=O)(=O)c1[c]cc(S(C)(=O)=O)c(S(C)(=O)=O)c1. The van der Waals surface area contributed by atoms with Crippen LogP contribution in [0.1, 0.15) is 0 Å². The van der Waals surface area contributed by atoms with Gasteiger partial charge in [0.2, 0.25) is 0 Å². The highest BCUT2D eigenvalue weighted by Crippen LogP contribution is 2.24. The first-order valence-corrected chi connectivity index (χ1v) is 10.2. The number of rotatable bonds is 3. The molecular formula is C9H11O6S3. The van der Waals surface area contributed by atoms with E-state index in [1.54, 1.807) is 0 Å². The number of sulfone groups is 3. The summed E-state index contributed by atoms with van der Waals surface area (Å²) < 4.78 is 68.5. The lowest BCUT2D eigenvalue weighted by Gasteiger charge is -2.07. The van der Waals surface area contributed by atoms with Gasteiger partial charge in [-0.3, -0.25) is 0 Å². The smallest absolute Gasteiger partial charge is 0.176 e. The molecule has 0 aromatic heterocycles. The Bertz CT molecular complexity index is 785. The van der Waals surface area contributed by atoms with E-state index in [4.69, 9.17) is 0 Å². The van der Waals surface area contributed by atoms with Crippen LogP contribution in [-0.2, 0) is 29.5 Å². The number of benzene rings is 1. The van der Waals surface area contributed by atoms with Crippen molar-refractivity contribution in [3.05, 3.63) is 18.2 Å². The van der Waals surface area contributed by atoms with E-state index in [-0.39, 0.29) is 4.90 Å². The second kappa shape index (κ2) is 4.32. The van der Waals surface area contributed by atoms with E-state index >= 15 is 0 Å². The van der Waals surface area contributed by atoms with E-state index in [0.29, 0.717) is 0 Å². The van der Waals surface area contributed by atoms with Crippen molar-refractivity contribution < 1.29 is 25.3 Å². The van der Waals surface area contributed by atoms with Crippen molar-refractivity contribution in [1.29, 1.82) is 0 Å². The molecule has 0 atom stereocenters. The molecule has 18 heavy (non-hydrogen) atoms. The van der Waals surface area contributed by atoms with Crippen LogP contribution in [0.4, 0.5) is 0 Å². The Labute approximate surface area is 106 Å². The Morgan fingerprint density at radius 2 is 1.22 bits per heavy atom. The van der Waals surface area contributed by atoms with Crippen LogP contribution in [0.25, 0.3) is 0 Å². The minimum absolute atomic E-state index is 0.365. The molecular weight excluding hydrogens is 300 g/mol. The Kier molecular flexibility index (Phi) is 3.63. The van der Waals surface area contributed by atoms with Gasteiger partial charge in [-0.2, -0.15) is 0 Å². The van der Waals surface area contributed by atoms with Gasteiger partial charge in [0.15, 0.2) is 29.5 Å². The number of hydrogen-bond donors (Lipinski definition) is 0. The molecule has 0 fully saturated rings. The van der Waals surface area contributed by atoms with Gasteiger partial charge in [-0.15, -0.1) is 0 Å². The van der Waals surface area contributed by atoms with Gasteiger partial charge in [-0.05, 0) is 12.1 Å². The predicted molar refractivity (Wildman–Crippen MR) is 64.6 cm³/mol. The van der Waals surface area contributed by atoms with Crippen molar-refractivity contribution in [3.8, 4) is 0 Å². The van der Waals surface area contributed by atoms with Crippen LogP contribution < -0.4 is 0 Å². The third kappa shape index (κ3) is 3.30. The summed E-state index contributed by atoms with van der Waals surface area (Å²) in [5, 5.41) is 0. The largest absolute Gasteiger partial charge is 0.224 e. The molecule has 1 aromatic carbocycles. The lowest BCUT2D eigenvalue weighted by atomic mass is 10.4. The molecule has 1 aromatic rings. The number of hydrogen-bond acceptors (Lipinski definition) is 6. The van der Waals surface area contributed by atoms with Gasteiger partial charge in [-0.25, -0.2) is 25.3 Å². The van der Waals surface area contributed by atoms with Crippen LogP contribution in [0.3, 0.4) is 0 Å². The van der Waals surface area contributed by atoms with Gasteiger partial charge >= 0.3 is 0 Å². The second-order valence-electron chi connectivity index (χ2n) is 3.84. The molecule has 1 radical (unpaired) electrons. The third-order valence-electron chi connectivity index (χ3n) is 2.05. The lowest BCUT2D eigenvalue weighted by molar-refractivity contribution is 0.587. The maximum Gasteiger partial charge on any atom is 0.176 e. The quantitative estimate of drug-likeness (QED) is 0.759. The van der Waals surface area contributed by atoms with Crippen LogP contribution in [0.2, 0.25) is 0 Å². The molecule has 0 amide bonds. The summed E-state index contributed by atoms with van der Waals surface area (Å²) in [4.78, 5) is -1.36. The molecule has 0 unspecified atom stereocenters. The summed E-state index contributed by atoms with van der Waals surface area (Å²) in [5.74, 6) is 0. The van der Waals surface area contributed by atoms with Crippen LogP contribution in [0.15, 0.2) is 26.8 Å². The average Bonchev–Trinajstić information content (AvgIpc) is 2.12. The Morgan fingerprint density at radius 1 is 0.778 bits per heavy atom. The van der Waals surface area contributed by atoms with E-state index in [9.17, 15) is 25.3 Å². The topological polar surface area (TPSA) is 102 Å². The van der Waals surface area contributed by atoms with Crippen LogP contribution in [0.5, 0.6) is 0 Å². The second-order valence-corrected chi connectivity index (χ2v) is 9.79. The zero-order valence-corrected chi connectivity index (χ0v) is 12.3. The van der Waals surface area contributed by atoms with E-state index in [1.807, 2.05) is 0 Å². The molecule has 0 saturated heterocycles. The fraction of sp³-hybridized carbons (Fsp3) is 0.333. The Hall–Kier alpha value is -0.930. The van der Waals surface area contributed by atoms with E-state index in [2.05, 4.69) is 6.07 Å². The molecule has 9 heteroatoms. The zero-order valence-electron chi connectivity index (χ0n) is 9.83. The van der Waals surface area contributed by atoms with Crippen molar-refractivity contribution in [2.75, 3.05) is 18.8 Å². The average molecular weight is 311 g/mol. The molecule has 101 valence electrons. The highest BCUT2D eigenvalue weighted by Gasteiger charge is 2.23. The van der Waals surface area contributed by atoms with Gasteiger partial charge in [-0.1, -0.05) is 0 Å². The molecule has 0 saturated carbocycles. The van der Waals surface area contributed by atoms with Gasteiger partial charge in [0.05, 0.1) is 14.7 Å². The summed E-state index contributed by atoms with van der Waals surface area (Å²) in [6.07, 6.45) is 2.53. The zero-order chi connectivity index (χ0) is 14.4. The predicted octanol–water partition coefficient (Wildman–Crippen LogP) is -0.303. The minimum Gasteiger partial charge on any atom is -0.224 e. The standard InChI is InChI=1S/C9H11O6S3/c1-16(10,11)7-4-5-8(17(2,12)13)9(6-7)18(3,14)15/h5-6H,1-3H3. The maximum atomic E-state index is 11.5. The van der Waals surface area contributed by atoms with Crippen LogP contribution >= 0.6 is 0 Å². The van der Waals surface area contributed by atoms with Crippen molar-refractivity contribution in [1.82, 2.24) is 0 Å². The molecule has 0 bridgehead atoms. The molecule has 0 aliphatic rings. The van der Waals surface area contributed by atoms with Gasteiger partial charge < -0.3 is 0 Å². The monoisotopic (exact) mass is 311 g/mol. The van der Waals surface area contributed by atoms with Crippen molar-refractivity contribution >= 4 is 29.5 Å². The van der Waals surface area contributed by atoms with E-state index in [0.717, 1.165) is 30.9 Å². The molecule has 1 rings (SSSR count). The third-order valence-corrected chi connectivity index (χ3v) is 5.49. The molecule has 0 spiro atoms. The highest BCUT2D eigenvalue weighted by atomic mass is 32.2. The van der Waals surface area contributed by atoms with Crippen LogP contribution in [-0.4, -0.2) is 44.0 Å². The van der Waals surface area contributed by atoms with Crippen molar-refractivity contribution in [2.24, 2.45) is 0 Å². The first kappa shape index (κ1) is 15.1. The first-order chi connectivity index (χ1) is 7.83. The van der Waals surface area contributed by atoms with Gasteiger partial charge in [0.1, 0.15) is 0 Å². The summed E-state index contributed by atoms with van der Waals surface area (Å²) in [7, 11) is -11.3. The van der Waals surface area contributed by atoms with Gasteiger partial charge in [0, 0.05) is 24.8 Å². The fourth-order valence-electron chi connectivity index (χ4n) is 1.23. The summed E-state index contributed by atoms with van der Waals surface area (Å²) in [5.41, 5.74) is 0. The van der Waals surface area contributed by atoms with Crippen LogP contribution in [0, 0.1) is 6.07 Å². The fourth-order valence-corrected chi connectivity index (χ4v) is 4.27. The maximum absolute atomic E-state index is 11.5. The summed E-state index contributed by atoms with van der Waals surface area (Å²) in [6, 6.07) is 3.93. The van der Waals surface area contributed by atoms with Crippen molar-refractivity contribution in [2.45, 2.75) is 14.7 Å². The summed E-state index contributed by atoms with van der Waals surface area (Å²) in [6.45, 7) is 0. The van der Waals surface area contributed by atoms with E-state index < -0.39 is 39.3 Å². The summed E-state index contributed by atoms with van der Waals surface area (Å²) >= 11 is 0. The molecule has 0 N–H and O–H groups in total. The normalized spacial score (nSPS) is 13.5. The van der Waals surface area contributed by atoms with E-state index in [1.165, 1.54) is 0 Å².